The lowest BCUT2D eigenvalue weighted by Gasteiger charge is -2.24. The van der Waals surface area contributed by atoms with Crippen LogP contribution in [0.5, 0.6) is 5.75 Å². The predicted octanol–water partition coefficient (Wildman–Crippen LogP) is -2.11. The summed E-state index contributed by atoms with van der Waals surface area (Å²) >= 11 is 0. The van der Waals surface area contributed by atoms with Gasteiger partial charge in [-0.15, -0.1) is 0 Å². The van der Waals surface area contributed by atoms with E-state index in [2.05, 4.69) is 25.9 Å². The SMILES string of the molecule is NCCCCC(NC(=O)C(Cc1ccc(O)cc1)NC(=O)C(CO)NC(=O)C(N)Cc1cnc[nH]1)C(=O)O. The Labute approximate surface area is 219 Å². The maximum Gasteiger partial charge on any atom is 0.326 e. The van der Waals surface area contributed by atoms with E-state index >= 15 is 0 Å². The van der Waals surface area contributed by atoms with Crippen LogP contribution in [0, 0.1) is 0 Å². The molecule has 0 radical (unpaired) electrons. The number of hydrogen-bond donors (Lipinski definition) is 9. The van der Waals surface area contributed by atoms with Gasteiger partial charge in [0.1, 0.15) is 23.9 Å². The molecule has 0 bridgehead atoms. The molecule has 4 unspecified atom stereocenters. The molecule has 14 heteroatoms. The van der Waals surface area contributed by atoms with E-state index < -0.39 is 54.5 Å². The van der Waals surface area contributed by atoms with Crippen LogP contribution >= 0.6 is 0 Å². The first-order chi connectivity index (χ1) is 18.1. The molecule has 0 saturated carbocycles. The molecule has 0 aliphatic heterocycles. The van der Waals surface area contributed by atoms with Crippen LogP contribution < -0.4 is 27.4 Å². The highest BCUT2D eigenvalue weighted by molar-refractivity contribution is 5.94. The quantitative estimate of drug-likeness (QED) is 0.106. The number of imidazole rings is 1. The van der Waals surface area contributed by atoms with Crippen LogP contribution in [0.3, 0.4) is 0 Å². The number of rotatable bonds is 16. The number of carboxylic acid groups (broad SMARTS) is 1. The highest BCUT2D eigenvalue weighted by Crippen LogP contribution is 2.12. The van der Waals surface area contributed by atoms with Crippen LogP contribution in [0.15, 0.2) is 36.8 Å². The second-order valence-corrected chi connectivity index (χ2v) is 8.75. The van der Waals surface area contributed by atoms with Gasteiger partial charge in [-0.05, 0) is 43.5 Å². The van der Waals surface area contributed by atoms with Gasteiger partial charge in [-0.25, -0.2) is 9.78 Å². The number of carbonyl (C=O) groups excluding carboxylic acids is 3. The molecule has 0 fully saturated rings. The van der Waals surface area contributed by atoms with Gasteiger partial charge < -0.3 is 47.7 Å². The molecule has 1 aromatic carbocycles. The number of unbranched alkanes of at least 4 members (excludes halogenated alkanes) is 1. The summed E-state index contributed by atoms with van der Waals surface area (Å²) in [7, 11) is 0. The first-order valence-electron chi connectivity index (χ1n) is 12.1. The fourth-order valence-electron chi connectivity index (χ4n) is 3.57. The second-order valence-electron chi connectivity index (χ2n) is 8.75. The van der Waals surface area contributed by atoms with Gasteiger partial charge in [0.15, 0.2) is 0 Å². The summed E-state index contributed by atoms with van der Waals surface area (Å²) in [6, 6.07) is 0.946. The minimum Gasteiger partial charge on any atom is -0.508 e. The van der Waals surface area contributed by atoms with Crippen LogP contribution in [0.2, 0.25) is 0 Å². The molecule has 0 saturated heterocycles. The standard InChI is InChI=1S/C24H35N7O7/c25-8-2-1-3-18(24(37)38)29-22(35)19(9-14-4-6-16(33)7-5-14)30-23(36)20(12-32)31-21(34)17(26)10-15-11-27-13-28-15/h4-7,11,13,17-20,32-33H,1-3,8-10,12,25-26H2,(H,27,28)(H,29,35)(H,30,36)(H,31,34)(H,37,38). The third-order valence-corrected chi connectivity index (χ3v) is 5.72. The molecule has 2 rings (SSSR count). The van der Waals surface area contributed by atoms with Crippen molar-refractivity contribution in [3.8, 4) is 5.75 Å². The Morgan fingerprint density at radius 3 is 2.13 bits per heavy atom. The van der Waals surface area contributed by atoms with Crippen molar-refractivity contribution in [1.82, 2.24) is 25.9 Å². The van der Waals surface area contributed by atoms with E-state index in [1.165, 1.54) is 36.8 Å². The van der Waals surface area contributed by atoms with Gasteiger partial charge in [0.25, 0.3) is 0 Å². The topological polar surface area (TPSA) is 246 Å². The summed E-state index contributed by atoms with van der Waals surface area (Å²) in [5.74, 6) is -3.59. The first-order valence-corrected chi connectivity index (χ1v) is 12.1. The number of phenols is 1. The van der Waals surface area contributed by atoms with Crippen LogP contribution in [-0.4, -0.2) is 86.3 Å². The summed E-state index contributed by atoms with van der Waals surface area (Å²) in [6.45, 7) is -0.404. The minimum absolute atomic E-state index is 0.000780. The molecule has 1 aromatic heterocycles. The number of hydrogen-bond acceptors (Lipinski definition) is 9. The Hall–Kier alpha value is -4.01. The van der Waals surface area contributed by atoms with Gasteiger partial charge in [-0.1, -0.05) is 12.1 Å². The maximum atomic E-state index is 13.1. The van der Waals surface area contributed by atoms with Crippen LogP contribution in [-0.2, 0) is 32.0 Å². The lowest BCUT2D eigenvalue weighted by molar-refractivity contribution is -0.142. The maximum absolute atomic E-state index is 13.1. The summed E-state index contributed by atoms with van der Waals surface area (Å²) in [5, 5.41) is 36.1. The number of H-pyrrole nitrogens is 1. The number of amides is 3. The number of carboxylic acids is 1. The average molecular weight is 534 g/mol. The van der Waals surface area contributed by atoms with E-state index in [1.54, 1.807) is 0 Å². The van der Waals surface area contributed by atoms with E-state index in [4.69, 9.17) is 11.5 Å². The molecule has 1 heterocycles. The third-order valence-electron chi connectivity index (χ3n) is 5.72. The number of aromatic nitrogens is 2. The van der Waals surface area contributed by atoms with E-state index in [1.807, 2.05) is 0 Å². The molecule has 14 nitrogen and oxygen atoms in total. The zero-order valence-corrected chi connectivity index (χ0v) is 20.8. The minimum atomic E-state index is -1.43. The van der Waals surface area contributed by atoms with Gasteiger partial charge in [0, 0.05) is 24.7 Å². The molecule has 0 aliphatic rings. The molecule has 11 N–H and O–H groups in total. The van der Waals surface area contributed by atoms with Crippen LogP contribution in [0.4, 0.5) is 0 Å². The average Bonchev–Trinajstić information content (AvgIpc) is 3.40. The van der Waals surface area contributed by atoms with Gasteiger partial charge in [0.2, 0.25) is 17.7 Å². The highest BCUT2D eigenvalue weighted by Gasteiger charge is 2.30. The van der Waals surface area contributed by atoms with E-state index in [0.29, 0.717) is 30.6 Å². The van der Waals surface area contributed by atoms with Crippen molar-refractivity contribution in [2.75, 3.05) is 13.2 Å². The van der Waals surface area contributed by atoms with Crippen LogP contribution in [0.1, 0.15) is 30.5 Å². The van der Waals surface area contributed by atoms with Crippen molar-refractivity contribution in [3.05, 3.63) is 48.0 Å². The largest absolute Gasteiger partial charge is 0.508 e. The van der Waals surface area contributed by atoms with E-state index in [-0.39, 0.29) is 25.0 Å². The van der Waals surface area contributed by atoms with Gasteiger partial charge in [-0.2, -0.15) is 0 Å². The van der Waals surface area contributed by atoms with Crippen LogP contribution in [0.25, 0.3) is 0 Å². The number of carbonyl (C=O) groups is 4. The number of phenolic OH excluding ortho intramolecular Hbond substituents is 1. The number of aromatic amines is 1. The Kier molecular flexibility index (Phi) is 12.2. The Morgan fingerprint density at radius 1 is 0.921 bits per heavy atom. The summed E-state index contributed by atoms with van der Waals surface area (Å²) in [5.41, 5.74) is 12.5. The normalized spacial score (nSPS) is 14.1. The number of benzene rings is 1. The molecule has 3 amide bonds. The lowest BCUT2D eigenvalue weighted by Crippen LogP contribution is -2.58. The molecular weight excluding hydrogens is 498 g/mol. The Bertz CT molecular complexity index is 1050. The molecule has 0 aliphatic carbocycles. The highest BCUT2D eigenvalue weighted by atomic mass is 16.4. The Balaban J connectivity index is 2.12. The van der Waals surface area contributed by atoms with Crippen molar-refractivity contribution < 1.29 is 34.5 Å². The zero-order chi connectivity index (χ0) is 28.1. The molecule has 208 valence electrons. The lowest BCUT2D eigenvalue weighted by atomic mass is 10.0. The number of nitrogens with zero attached hydrogens (tertiary/aromatic N) is 1. The summed E-state index contributed by atoms with van der Waals surface area (Å²) in [6.07, 6.45) is 4.17. The van der Waals surface area contributed by atoms with E-state index in [0.717, 1.165) is 0 Å². The van der Waals surface area contributed by atoms with E-state index in [9.17, 15) is 34.5 Å². The zero-order valence-electron chi connectivity index (χ0n) is 20.8. The van der Waals surface area contributed by atoms with Gasteiger partial charge >= 0.3 is 5.97 Å². The number of aliphatic hydroxyl groups excluding tert-OH is 1. The molecule has 38 heavy (non-hydrogen) atoms. The first kappa shape index (κ1) is 30.2. The molecular formula is C24H35N7O7. The fraction of sp³-hybridized carbons (Fsp3) is 0.458. The second kappa shape index (κ2) is 15.3. The number of aliphatic carboxylic acids is 1. The Morgan fingerprint density at radius 2 is 1.55 bits per heavy atom. The smallest absolute Gasteiger partial charge is 0.326 e. The number of aromatic hydroxyl groups is 1. The number of aliphatic hydroxyl groups is 1. The molecule has 0 spiro atoms. The summed E-state index contributed by atoms with van der Waals surface area (Å²) < 4.78 is 0. The predicted molar refractivity (Wildman–Crippen MR) is 135 cm³/mol. The fourth-order valence-corrected chi connectivity index (χ4v) is 3.57. The number of nitrogens with two attached hydrogens (primary N) is 2. The molecule has 2 aromatic rings. The molecule has 4 atom stereocenters. The van der Waals surface area contributed by atoms with Gasteiger partial charge in [-0.3, -0.25) is 14.4 Å². The monoisotopic (exact) mass is 533 g/mol. The third kappa shape index (κ3) is 9.80. The van der Waals surface area contributed by atoms with Crippen molar-refractivity contribution in [3.63, 3.8) is 0 Å². The summed E-state index contributed by atoms with van der Waals surface area (Å²) in [4.78, 5) is 56.8. The number of nitrogens with one attached hydrogen (secondary N) is 4. The van der Waals surface area contributed by atoms with Crippen molar-refractivity contribution in [2.45, 2.75) is 56.3 Å². The van der Waals surface area contributed by atoms with Crippen molar-refractivity contribution in [2.24, 2.45) is 11.5 Å². The van der Waals surface area contributed by atoms with Gasteiger partial charge in [0.05, 0.1) is 19.0 Å². The van der Waals surface area contributed by atoms with Crippen molar-refractivity contribution >= 4 is 23.7 Å². The van der Waals surface area contributed by atoms with Crippen molar-refractivity contribution in [1.29, 1.82) is 0 Å².